The van der Waals surface area contributed by atoms with Crippen LogP contribution in [0.2, 0.25) is 5.02 Å². The maximum atomic E-state index is 12.4. The molecular formula is C24H20ClN3O3. The lowest BCUT2D eigenvalue weighted by Gasteiger charge is -2.12. The minimum absolute atomic E-state index is 0.134. The monoisotopic (exact) mass is 433 g/mol. The van der Waals surface area contributed by atoms with Crippen LogP contribution in [0.25, 0.3) is 5.65 Å². The van der Waals surface area contributed by atoms with E-state index in [1.54, 1.807) is 42.6 Å². The van der Waals surface area contributed by atoms with Crippen LogP contribution in [-0.4, -0.2) is 15.3 Å². The standard InChI is InChI=1S/C24H20ClN3O3/c1-15-9-10-28-22(11-15)26-20(13-23(28)29)14-31-21-12-19(8-3-16(21)2)27-24(30)17-4-6-18(25)7-5-17/h3-13H,14H2,1-2H3,(H,27,30). The Bertz CT molecular complexity index is 1330. The molecule has 0 aliphatic heterocycles. The summed E-state index contributed by atoms with van der Waals surface area (Å²) in [5.41, 5.74) is 3.97. The van der Waals surface area contributed by atoms with Gasteiger partial charge in [-0.1, -0.05) is 17.7 Å². The fraction of sp³-hybridized carbons (Fsp3) is 0.125. The highest BCUT2D eigenvalue weighted by atomic mass is 35.5. The zero-order chi connectivity index (χ0) is 22.0. The van der Waals surface area contributed by atoms with Crippen molar-refractivity contribution in [3.63, 3.8) is 0 Å². The molecule has 1 amide bonds. The average Bonchev–Trinajstić information content (AvgIpc) is 2.74. The summed E-state index contributed by atoms with van der Waals surface area (Å²) in [5.74, 6) is 0.353. The van der Waals surface area contributed by atoms with Gasteiger partial charge in [-0.3, -0.25) is 14.0 Å². The van der Waals surface area contributed by atoms with Crippen molar-refractivity contribution in [2.24, 2.45) is 0 Å². The van der Waals surface area contributed by atoms with E-state index in [0.29, 0.717) is 33.4 Å². The van der Waals surface area contributed by atoms with Gasteiger partial charge >= 0.3 is 0 Å². The molecule has 2 aromatic carbocycles. The zero-order valence-electron chi connectivity index (χ0n) is 17.1. The number of halogens is 1. The van der Waals surface area contributed by atoms with Gasteiger partial charge in [-0.05, 0) is 67.4 Å². The maximum Gasteiger partial charge on any atom is 0.258 e. The number of anilines is 1. The summed E-state index contributed by atoms with van der Waals surface area (Å²) < 4.78 is 7.42. The van der Waals surface area contributed by atoms with Crippen LogP contribution in [0.4, 0.5) is 5.69 Å². The van der Waals surface area contributed by atoms with E-state index in [4.69, 9.17) is 16.3 Å². The van der Waals surface area contributed by atoms with E-state index in [9.17, 15) is 9.59 Å². The topological polar surface area (TPSA) is 72.7 Å². The molecule has 1 N–H and O–H groups in total. The molecule has 4 aromatic rings. The maximum absolute atomic E-state index is 12.4. The molecule has 0 saturated carbocycles. The van der Waals surface area contributed by atoms with E-state index in [2.05, 4.69) is 10.3 Å². The number of nitrogens with one attached hydrogen (secondary N) is 1. The van der Waals surface area contributed by atoms with Gasteiger partial charge in [-0.2, -0.15) is 0 Å². The fourth-order valence-corrected chi connectivity index (χ4v) is 3.24. The molecule has 0 fully saturated rings. The third-order valence-electron chi connectivity index (χ3n) is 4.80. The number of aromatic nitrogens is 2. The lowest BCUT2D eigenvalue weighted by atomic mass is 10.1. The Hall–Kier alpha value is -3.64. The second-order valence-corrected chi connectivity index (χ2v) is 7.68. The Morgan fingerprint density at radius 1 is 1.06 bits per heavy atom. The lowest BCUT2D eigenvalue weighted by Crippen LogP contribution is -2.16. The molecule has 0 radical (unpaired) electrons. The number of rotatable bonds is 5. The van der Waals surface area contributed by atoms with Gasteiger partial charge in [0.25, 0.3) is 11.5 Å². The Kier molecular flexibility index (Phi) is 5.73. The van der Waals surface area contributed by atoms with Crippen molar-refractivity contribution in [1.29, 1.82) is 0 Å². The van der Waals surface area contributed by atoms with Gasteiger partial charge in [0, 0.05) is 34.6 Å². The van der Waals surface area contributed by atoms with Crippen LogP contribution < -0.4 is 15.6 Å². The normalized spacial score (nSPS) is 10.8. The zero-order valence-corrected chi connectivity index (χ0v) is 17.8. The Balaban J connectivity index is 1.51. The largest absolute Gasteiger partial charge is 0.487 e. The van der Waals surface area contributed by atoms with Crippen LogP contribution in [0.15, 0.2) is 71.7 Å². The summed E-state index contributed by atoms with van der Waals surface area (Å²) in [7, 11) is 0. The minimum atomic E-state index is -0.244. The molecule has 4 rings (SSSR count). The molecule has 0 spiro atoms. The van der Waals surface area contributed by atoms with Crippen LogP contribution in [0.5, 0.6) is 5.75 Å². The highest BCUT2D eigenvalue weighted by Crippen LogP contribution is 2.24. The fourth-order valence-electron chi connectivity index (χ4n) is 3.12. The molecule has 2 aromatic heterocycles. The quantitative estimate of drug-likeness (QED) is 0.491. The van der Waals surface area contributed by atoms with Gasteiger partial charge in [0.05, 0.1) is 5.69 Å². The van der Waals surface area contributed by atoms with E-state index in [1.807, 2.05) is 32.0 Å². The third kappa shape index (κ3) is 4.75. The third-order valence-corrected chi connectivity index (χ3v) is 5.06. The Labute approximate surface area is 184 Å². The van der Waals surface area contributed by atoms with Gasteiger partial charge in [0.2, 0.25) is 0 Å². The van der Waals surface area contributed by atoms with Crippen molar-refractivity contribution < 1.29 is 9.53 Å². The van der Waals surface area contributed by atoms with Crippen LogP contribution in [0.3, 0.4) is 0 Å². The van der Waals surface area contributed by atoms with Gasteiger partial charge in [0.15, 0.2) is 0 Å². The molecule has 0 aliphatic rings. The van der Waals surface area contributed by atoms with Crippen molar-refractivity contribution in [3.05, 3.63) is 105 Å². The molecule has 0 atom stereocenters. The van der Waals surface area contributed by atoms with E-state index < -0.39 is 0 Å². The SMILES string of the molecule is Cc1ccn2c(=O)cc(COc3cc(NC(=O)c4ccc(Cl)cc4)ccc3C)nc2c1. The first-order valence-electron chi connectivity index (χ1n) is 9.68. The number of fused-ring (bicyclic) bond motifs is 1. The van der Waals surface area contributed by atoms with Crippen LogP contribution >= 0.6 is 11.6 Å². The molecule has 6 nitrogen and oxygen atoms in total. The number of nitrogens with zero attached hydrogens (tertiary/aromatic N) is 2. The molecular weight excluding hydrogens is 414 g/mol. The van der Waals surface area contributed by atoms with Gasteiger partial charge in [0.1, 0.15) is 18.0 Å². The second kappa shape index (κ2) is 8.62. The molecule has 156 valence electrons. The molecule has 7 heteroatoms. The number of carbonyl (C=O) groups excluding carboxylic acids is 1. The lowest BCUT2D eigenvalue weighted by molar-refractivity contribution is 0.102. The predicted molar refractivity (Wildman–Crippen MR) is 121 cm³/mol. The second-order valence-electron chi connectivity index (χ2n) is 7.25. The highest BCUT2D eigenvalue weighted by Gasteiger charge is 2.09. The average molecular weight is 434 g/mol. The minimum Gasteiger partial charge on any atom is -0.487 e. The number of hydrogen-bond acceptors (Lipinski definition) is 4. The smallest absolute Gasteiger partial charge is 0.258 e. The number of hydrogen-bond donors (Lipinski definition) is 1. The van der Waals surface area contributed by atoms with Gasteiger partial charge < -0.3 is 10.1 Å². The number of aryl methyl sites for hydroxylation is 2. The van der Waals surface area contributed by atoms with Crippen LogP contribution in [0.1, 0.15) is 27.2 Å². The number of pyridine rings is 1. The number of amides is 1. The molecule has 0 bridgehead atoms. The molecule has 31 heavy (non-hydrogen) atoms. The van der Waals surface area contributed by atoms with Crippen LogP contribution in [0, 0.1) is 13.8 Å². The van der Waals surface area contributed by atoms with Gasteiger partial charge in [-0.15, -0.1) is 0 Å². The Morgan fingerprint density at radius 3 is 2.61 bits per heavy atom. The highest BCUT2D eigenvalue weighted by molar-refractivity contribution is 6.30. The van der Waals surface area contributed by atoms with Crippen LogP contribution in [-0.2, 0) is 6.61 Å². The number of benzene rings is 2. The summed E-state index contributed by atoms with van der Waals surface area (Å²) in [4.78, 5) is 29.3. The first-order valence-corrected chi connectivity index (χ1v) is 10.1. The van der Waals surface area contributed by atoms with Crippen molar-refractivity contribution in [1.82, 2.24) is 9.38 Å². The summed E-state index contributed by atoms with van der Waals surface area (Å²) in [5, 5.41) is 3.42. The summed E-state index contributed by atoms with van der Waals surface area (Å²) in [6, 6.07) is 17.2. The molecule has 0 aliphatic carbocycles. The van der Waals surface area contributed by atoms with E-state index >= 15 is 0 Å². The van der Waals surface area contributed by atoms with Crippen molar-refractivity contribution >= 4 is 28.8 Å². The number of carbonyl (C=O) groups is 1. The molecule has 2 heterocycles. The van der Waals surface area contributed by atoms with Gasteiger partial charge in [-0.25, -0.2) is 4.98 Å². The van der Waals surface area contributed by atoms with E-state index in [1.165, 1.54) is 10.5 Å². The van der Waals surface area contributed by atoms with Crippen molar-refractivity contribution in [2.75, 3.05) is 5.32 Å². The first-order chi connectivity index (χ1) is 14.9. The molecule has 0 unspecified atom stereocenters. The van der Waals surface area contributed by atoms with Crippen molar-refractivity contribution in [2.45, 2.75) is 20.5 Å². The van der Waals surface area contributed by atoms with Crippen molar-refractivity contribution in [3.8, 4) is 5.75 Å². The summed E-state index contributed by atoms with van der Waals surface area (Å²) in [6.45, 7) is 3.99. The summed E-state index contributed by atoms with van der Waals surface area (Å²) in [6.07, 6.45) is 1.71. The first kappa shape index (κ1) is 20.6. The Morgan fingerprint density at radius 2 is 1.84 bits per heavy atom. The predicted octanol–water partition coefficient (Wildman–Crippen LogP) is 4.80. The summed E-state index contributed by atoms with van der Waals surface area (Å²) >= 11 is 5.88. The molecule has 0 saturated heterocycles. The van der Waals surface area contributed by atoms with E-state index in [0.717, 1.165) is 11.1 Å². The number of ether oxygens (including phenoxy) is 1. The van der Waals surface area contributed by atoms with E-state index in [-0.39, 0.29) is 18.1 Å².